The second kappa shape index (κ2) is 6.27. The molecule has 1 N–H and O–H groups in total. The van der Waals surface area contributed by atoms with E-state index in [1.54, 1.807) is 12.1 Å². The molecule has 0 bridgehead atoms. The van der Waals surface area contributed by atoms with E-state index < -0.39 is 0 Å². The van der Waals surface area contributed by atoms with Crippen LogP contribution in [0.4, 0.5) is 5.69 Å². The van der Waals surface area contributed by atoms with Crippen molar-refractivity contribution in [2.75, 3.05) is 31.2 Å². The molecule has 0 aromatic heterocycles. The van der Waals surface area contributed by atoms with E-state index in [2.05, 4.69) is 19.2 Å². The number of halogens is 1. The van der Waals surface area contributed by atoms with Crippen LogP contribution in [0.2, 0.25) is 5.02 Å². The molecule has 1 aliphatic rings. The molecule has 0 atom stereocenters. The Morgan fingerprint density at radius 3 is 2.85 bits per heavy atom. The third-order valence-corrected chi connectivity index (χ3v) is 5.21. The van der Waals surface area contributed by atoms with Gasteiger partial charge in [0.1, 0.15) is 0 Å². The molecule has 1 amide bonds. The number of carbonyl (C=O) groups is 1. The lowest BCUT2D eigenvalue weighted by molar-refractivity contribution is 0.0765. The van der Waals surface area contributed by atoms with E-state index in [0.717, 1.165) is 31.0 Å². The lowest BCUT2D eigenvalue weighted by atomic mass is 10.1. The van der Waals surface area contributed by atoms with Crippen molar-refractivity contribution in [3.05, 3.63) is 28.8 Å². The summed E-state index contributed by atoms with van der Waals surface area (Å²) in [6, 6.07) is 5.40. The van der Waals surface area contributed by atoms with Gasteiger partial charge in [0.05, 0.1) is 5.56 Å². The molecular formula is C15H21ClN2OS. The summed E-state index contributed by atoms with van der Waals surface area (Å²) < 4.78 is 0.245. The highest BCUT2D eigenvalue weighted by molar-refractivity contribution is 8.00. The van der Waals surface area contributed by atoms with Gasteiger partial charge in [-0.3, -0.25) is 4.79 Å². The first kappa shape index (κ1) is 15.5. The maximum absolute atomic E-state index is 12.7. The number of nitrogens with one attached hydrogen (secondary N) is 1. The van der Waals surface area contributed by atoms with Crippen LogP contribution >= 0.6 is 23.4 Å². The van der Waals surface area contributed by atoms with Gasteiger partial charge in [0, 0.05) is 41.3 Å². The fourth-order valence-corrected chi connectivity index (χ4v) is 3.58. The van der Waals surface area contributed by atoms with Gasteiger partial charge in [-0.25, -0.2) is 0 Å². The molecule has 5 heteroatoms. The van der Waals surface area contributed by atoms with Crippen LogP contribution in [0.15, 0.2) is 18.2 Å². The average molecular weight is 313 g/mol. The number of rotatable bonds is 2. The van der Waals surface area contributed by atoms with Crippen molar-refractivity contribution in [2.45, 2.75) is 25.0 Å². The number of hydrogen-bond donors (Lipinski definition) is 1. The van der Waals surface area contributed by atoms with Gasteiger partial charge in [0.15, 0.2) is 0 Å². The van der Waals surface area contributed by atoms with Crippen LogP contribution < -0.4 is 5.32 Å². The van der Waals surface area contributed by atoms with E-state index in [1.807, 2.05) is 29.8 Å². The molecule has 1 aromatic rings. The Kier molecular flexibility index (Phi) is 4.86. The van der Waals surface area contributed by atoms with Crippen molar-refractivity contribution in [3.63, 3.8) is 0 Å². The minimum absolute atomic E-state index is 0.0650. The first-order valence-corrected chi connectivity index (χ1v) is 8.20. The Morgan fingerprint density at radius 2 is 2.15 bits per heavy atom. The number of hydrogen-bond acceptors (Lipinski definition) is 3. The number of carbonyl (C=O) groups excluding carboxylic acids is 1. The Morgan fingerprint density at radius 1 is 1.40 bits per heavy atom. The molecular weight excluding hydrogens is 292 g/mol. The van der Waals surface area contributed by atoms with Crippen molar-refractivity contribution >= 4 is 35.0 Å². The predicted molar refractivity (Wildman–Crippen MR) is 88.1 cm³/mol. The average Bonchev–Trinajstić information content (AvgIpc) is 2.59. The van der Waals surface area contributed by atoms with Gasteiger partial charge in [-0.2, -0.15) is 11.8 Å². The van der Waals surface area contributed by atoms with Gasteiger partial charge < -0.3 is 10.2 Å². The molecule has 2 rings (SSSR count). The lowest BCUT2D eigenvalue weighted by Crippen LogP contribution is -2.34. The maximum atomic E-state index is 12.7. The van der Waals surface area contributed by atoms with Crippen LogP contribution in [0.3, 0.4) is 0 Å². The standard InChI is InChI=1S/C15H21ClN2OS/c1-15(2)6-7-18(8-9-20-15)14(19)12-10-11(16)4-5-13(12)17-3/h4-5,10,17H,6-9H2,1-3H3. The summed E-state index contributed by atoms with van der Waals surface area (Å²) in [5.41, 5.74) is 1.49. The molecule has 0 aliphatic carbocycles. The number of benzene rings is 1. The van der Waals surface area contributed by atoms with Crippen LogP contribution in [0.25, 0.3) is 0 Å². The number of nitrogens with zero attached hydrogens (tertiary/aromatic N) is 1. The third-order valence-electron chi connectivity index (χ3n) is 3.61. The molecule has 1 heterocycles. The fraction of sp³-hybridized carbons (Fsp3) is 0.533. The van der Waals surface area contributed by atoms with Gasteiger partial charge in [0.2, 0.25) is 0 Å². The number of thioether (sulfide) groups is 1. The van der Waals surface area contributed by atoms with Crippen molar-refractivity contribution in [2.24, 2.45) is 0 Å². The minimum Gasteiger partial charge on any atom is -0.387 e. The van der Waals surface area contributed by atoms with Gasteiger partial charge in [-0.15, -0.1) is 0 Å². The summed E-state index contributed by atoms with van der Waals surface area (Å²) in [7, 11) is 1.82. The summed E-state index contributed by atoms with van der Waals surface area (Å²) in [5.74, 6) is 1.05. The fourth-order valence-electron chi connectivity index (χ4n) is 2.31. The van der Waals surface area contributed by atoms with Gasteiger partial charge >= 0.3 is 0 Å². The highest BCUT2D eigenvalue weighted by Crippen LogP contribution is 2.31. The third kappa shape index (κ3) is 3.61. The summed E-state index contributed by atoms with van der Waals surface area (Å²) in [4.78, 5) is 14.7. The van der Waals surface area contributed by atoms with E-state index in [0.29, 0.717) is 10.6 Å². The largest absolute Gasteiger partial charge is 0.387 e. The summed E-state index contributed by atoms with van der Waals surface area (Å²) in [5, 5.41) is 3.66. The van der Waals surface area contributed by atoms with Crippen molar-refractivity contribution in [1.29, 1.82) is 0 Å². The van der Waals surface area contributed by atoms with Crippen LogP contribution in [0.5, 0.6) is 0 Å². The molecule has 1 saturated heterocycles. The normalized spacial score (nSPS) is 18.5. The van der Waals surface area contributed by atoms with Crippen molar-refractivity contribution in [3.8, 4) is 0 Å². The lowest BCUT2D eigenvalue weighted by Gasteiger charge is -2.23. The van der Waals surface area contributed by atoms with E-state index in [4.69, 9.17) is 11.6 Å². The van der Waals surface area contributed by atoms with E-state index >= 15 is 0 Å². The number of amides is 1. The molecule has 1 aliphatic heterocycles. The molecule has 0 saturated carbocycles. The second-order valence-corrected chi connectivity index (χ2v) is 7.83. The smallest absolute Gasteiger partial charge is 0.256 e. The zero-order valence-electron chi connectivity index (χ0n) is 12.2. The molecule has 110 valence electrons. The molecule has 1 aromatic carbocycles. The summed E-state index contributed by atoms with van der Waals surface area (Å²) in [6.07, 6.45) is 1.01. The highest BCUT2D eigenvalue weighted by atomic mass is 35.5. The molecule has 0 radical (unpaired) electrons. The molecule has 1 fully saturated rings. The Balaban J connectivity index is 2.21. The molecule has 0 spiro atoms. The second-order valence-electron chi connectivity index (χ2n) is 5.59. The minimum atomic E-state index is 0.0650. The van der Waals surface area contributed by atoms with Crippen LogP contribution in [0, 0.1) is 0 Å². The van der Waals surface area contributed by atoms with Gasteiger partial charge in [-0.05, 0) is 24.6 Å². The van der Waals surface area contributed by atoms with Gasteiger partial charge in [-0.1, -0.05) is 25.4 Å². The zero-order valence-corrected chi connectivity index (χ0v) is 13.8. The van der Waals surface area contributed by atoms with E-state index in [-0.39, 0.29) is 10.7 Å². The monoisotopic (exact) mass is 312 g/mol. The molecule has 3 nitrogen and oxygen atoms in total. The summed E-state index contributed by atoms with van der Waals surface area (Å²) >= 11 is 7.97. The van der Waals surface area contributed by atoms with Crippen LogP contribution in [-0.2, 0) is 0 Å². The van der Waals surface area contributed by atoms with Gasteiger partial charge in [0.25, 0.3) is 5.91 Å². The van der Waals surface area contributed by atoms with Crippen molar-refractivity contribution in [1.82, 2.24) is 4.90 Å². The maximum Gasteiger partial charge on any atom is 0.256 e. The van der Waals surface area contributed by atoms with Crippen molar-refractivity contribution < 1.29 is 4.79 Å². The summed E-state index contributed by atoms with van der Waals surface area (Å²) in [6.45, 7) is 6.07. The van der Waals surface area contributed by atoms with E-state index in [9.17, 15) is 4.79 Å². The predicted octanol–water partition coefficient (Wildman–Crippen LogP) is 3.74. The highest BCUT2D eigenvalue weighted by Gasteiger charge is 2.27. The molecule has 0 unspecified atom stereocenters. The Labute approximate surface area is 130 Å². The SMILES string of the molecule is CNc1ccc(Cl)cc1C(=O)N1CCSC(C)(C)CC1. The van der Waals surface area contributed by atoms with Crippen LogP contribution in [-0.4, -0.2) is 41.4 Å². The van der Waals surface area contributed by atoms with E-state index in [1.165, 1.54) is 0 Å². The Hall–Kier alpha value is -0.870. The number of anilines is 1. The topological polar surface area (TPSA) is 32.3 Å². The quantitative estimate of drug-likeness (QED) is 0.903. The zero-order chi connectivity index (χ0) is 14.8. The molecule has 20 heavy (non-hydrogen) atoms. The first-order chi connectivity index (χ1) is 9.43. The first-order valence-electron chi connectivity index (χ1n) is 6.83. The van der Waals surface area contributed by atoms with Crippen LogP contribution in [0.1, 0.15) is 30.6 Å². The Bertz CT molecular complexity index is 505.